The third-order valence-electron chi connectivity index (χ3n) is 3.18. The second-order valence-corrected chi connectivity index (χ2v) is 5.78. The molecular weight excluding hydrogens is 234 g/mol. The van der Waals surface area contributed by atoms with E-state index in [2.05, 4.69) is 26.1 Å². The van der Waals surface area contributed by atoms with Gasteiger partial charge >= 0.3 is 0 Å². The van der Waals surface area contributed by atoms with Gasteiger partial charge in [-0.1, -0.05) is 57.2 Å². The van der Waals surface area contributed by atoms with E-state index in [1.807, 2.05) is 48.5 Å². The van der Waals surface area contributed by atoms with Gasteiger partial charge in [-0.15, -0.1) is 0 Å². The van der Waals surface area contributed by atoms with Crippen molar-refractivity contribution >= 4 is 5.69 Å². The summed E-state index contributed by atoms with van der Waals surface area (Å²) in [7, 11) is 0. The van der Waals surface area contributed by atoms with Crippen molar-refractivity contribution < 1.29 is 5.11 Å². The van der Waals surface area contributed by atoms with Gasteiger partial charge in [-0.05, 0) is 23.1 Å². The molecule has 0 heterocycles. The number of hydrogen-bond donors (Lipinski definition) is 2. The number of para-hydroxylation sites is 2. The molecule has 2 heteroatoms. The van der Waals surface area contributed by atoms with Crippen molar-refractivity contribution in [2.24, 2.45) is 0 Å². The van der Waals surface area contributed by atoms with Gasteiger partial charge in [0, 0.05) is 17.8 Å². The number of nitrogens with one attached hydrogen (secondary N) is 1. The molecule has 0 radical (unpaired) electrons. The molecular formula is C17H21NO. The van der Waals surface area contributed by atoms with E-state index in [1.54, 1.807) is 0 Å². The molecule has 2 N–H and O–H groups in total. The smallest absolute Gasteiger partial charge is 0.124 e. The largest absolute Gasteiger partial charge is 0.507 e. The van der Waals surface area contributed by atoms with Crippen molar-refractivity contribution in [1.82, 2.24) is 0 Å². The fraction of sp³-hybridized carbons (Fsp3) is 0.294. The first-order valence-electron chi connectivity index (χ1n) is 6.59. The third kappa shape index (κ3) is 3.28. The van der Waals surface area contributed by atoms with Crippen molar-refractivity contribution in [3.8, 4) is 5.75 Å². The topological polar surface area (TPSA) is 32.3 Å². The lowest BCUT2D eigenvalue weighted by Gasteiger charge is -2.22. The summed E-state index contributed by atoms with van der Waals surface area (Å²) < 4.78 is 0. The van der Waals surface area contributed by atoms with Crippen LogP contribution in [0.15, 0.2) is 48.5 Å². The maximum Gasteiger partial charge on any atom is 0.124 e. The van der Waals surface area contributed by atoms with Crippen LogP contribution in [0.2, 0.25) is 0 Å². The van der Waals surface area contributed by atoms with E-state index in [4.69, 9.17) is 0 Å². The van der Waals surface area contributed by atoms with Gasteiger partial charge in [-0.25, -0.2) is 0 Å². The molecule has 0 spiro atoms. The Labute approximate surface area is 115 Å². The van der Waals surface area contributed by atoms with Gasteiger partial charge in [0.25, 0.3) is 0 Å². The highest BCUT2D eigenvalue weighted by atomic mass is 16.3. The lowest BCUT2D eigenvalue weighted by molar-refractivity contribution is 0.441. The maximum atomic E-state index is 10.4. The Kier molecular flexibility index (Phi) is 3.79. The van der Waals surface area contributed by atoms with Crippen LogP contribution in [0.4, 0.5) is 5.69 Å². The van der Waals surface area contributed by atoms with E-state index >= 15 is 0 Å². The fourth-order valence-corrected chi connectivity index (χ4v) is 2.09. The van der Waals surface area contributed by atoms with Crippen LogP contribution in [0, 0.1) is 0 Å². The van der Waals surface area contributed by atoms with E-state index in [-0.39, 0.29) is 5.41 Å². The Morgan fingerprint density at radius 1 is 0.947 bits per heavy atom. The van der Waals surface area contributed by atoms with Crippen molar-refractivity contribution in [3.05, 3.63) is 59.7 Å². The van der Waals surface area contributed by atoms with E-state index in [1.165, 1.54) is 0 Å². The molecule has 2 nitrogen and oxygen atoms in total. The summed E-state index contributed by atoms with van der Waals surface area (Å²) in [6.07, 6.45) is 0. The minimum atomic E-state index is -0.0488. The predicted octanol–water partition coefficient (Wildman–Crippen LogP) is 4.30. The van der Waals surface area contributed by atoms with E-state index < -0.39 is 0 Å². The summed E-state index contributed by atoms with van der Waals surface area (Å²) in [4.78, 5) is 0. The van der Waals surface area contributed by atoms with Gasteiger partial charge < -0.3 is 10.4 Å². The molecule has 2 rings (SSSR count). The van der Waals surface area contributed by atoms with Crippen LogP contribution < -0.4 is 5.32 Å². The molecule has 0 saturated carbocycles. The summed E-state index contributed by atoms with van der Waals surface area (Å²) in [5.41, 5.74) is 2.92. The van der Waals surface area contributed by atoms with Gasteiger partial charge in [0.05, 0.1) is 0 Å². The Morgan fingerprint density at radius 2 is 1.63 bits per heavy atom. The lowest BCUT2D eigenvalue weighted by Crippen LogP contribution is -2.12. The molecule has 0 saturated heterocycles. The zero-order chi connectivity index (χ0) is 13.9. The Hall–Kier alpha value is -1.96. The average molecular weight is 255 g/mol. The highest BCUT2D eigenvalue weighted by molar-refractivity contribution is 5.48. The Morgan fingerprint density at radius 3 is 2.26 bits per heavy atom. The molecule has 100 valence electrons. The SMILES string of the molecule is CC(C)(C)c1cccc(CNc2ccccc2)c1O. The van der Waals surface area contributed by atoms with Gasteiger partial charge in [-0.2, -0.15) is 0 Å². The molecule has 2 aromatic rings. The van der Waals surface area contributed by atoms with Crippen LogP contribution in [0.3, 0.4) is 0 Å². The van der Waals surface area contributed by atoms with Gasteiger partial charge in [0.15, 0.2) is 0 Å². The highest BCUT2D eigenvalue weighted by Gasteiger charge is 2.19. The normalized spacial score (nSPS) is 11.3. The van der Waals surface area contributed by atoms with Crippen LogP contribution in [-0.2, 0) is 12.0 Å². The maximum absolute atomic E-state index is 10.4. The quantitative estimate of drug-likeness (QED) is 0.857. The van der Waals surface area contributed by atoms with Gasteiger partial charge in [0.1, 0.15) is 5.75 Å². The van der Waals surface area contributed by atoms with Crippen molar-refractivity contribution in [3.63, 3.8) is 0 Å². The Bertz CT molecular complexity index is 541. The molecule has 0 atom stereocenters. The molecule has 0 amide bonds. The van der Waals surface area contributed by atoms with E-state index in [0.29, 0.717) is 12.3 Å². The molecule has 0 aliphatic carbocycles. The standard InChI is InChI=1S/C17H21NO/c1-17(2,3)15-11-7-8-13(16(15)19)12-18-14-9-5-4-6-10-14/h4-11,18-19H,12H2,1-3H3. The second-order valence-electron chi connectivity index (χ2n) is 5.78. The summed E-state index contributed by atoms with van der Waals surface area (Å²) >= 11 is 0. The third-order valence-corrected chi connectivity index (χ3v) is 3.18. The van der Waals surface area contributed by atoms with Crippen molar-refractivity contribution in [2.45, 2.75) is 32.7 Å². The molecule has 0 unspecified atom stereocenters. The number of rotatable bonds is 3. The number of phenolic OH excluding ortho intramolecular Hbond substituents is 1. The predicted molar refractivity (Wildman–Crippen MR) is 80.6 cm³/mol. The molecule has 19 heavy (non-hydrogen) atoms. The molecule has 0 aliphatic rings. The molecule has 0 aliphatic heterocycles. The molecule has 0 bridgehead atoms. The minimum absolute atomic E-state index is 0.0488. The highest BCUT2D eigenvalue weighted by Crippen LogP contribution is 2.33. The van der Waals surface area contributed by atoms with Crippen LogP contribution in [0.5, 0.6) is 5.75 Å². The number of anilines is 1. The van der Waals surface area contributed by atoms with Crippen molar-refractivity contribution in [2.75, 3.05) is 5.32 Å². The monoisotopic (exact) mass is 255 g/mol. The molecule has 0 aromatic heterocycles. The van der Waals surface area contributed by atoms with Crippen LogP contribution in [0.25, 0.3) is 0 Å². The average Bonchev–Trinajstić information content (AvgIpc) is 2.37. The first-order valence-corrected chi connectivity index (χ1v) is 6.59. The van der Waals surface area contributed by atoms with E-state index in [0.717, 1.165) is 16.8 Å². The second kappa shape index (κ2) is 5.35. The van der Waals surface area contributed by atoms with Crippen LogP contribution >= 0.6 is 0 Å². The number of phenols is 1. The number of aromatic hydroxyl groups is 1. The minimum Gasteiger partial charge on any atom is -0.507 e. The summed E-state index contributed by atoms with van der Waals surface area (Å²) in [5.74, 6) is 0.401. The van der Waals surface area contributed by atoms with Gasteiger partial charge in [-0.3, -0.25) is 0 Å². The first kappa shape index (κ1) is 13.5. The van der Waals surface area contributed by atoms with Crippen LogP contribution in [0.1, 0.15) is 31.9 Å². The summed E-state index contributed by atoms with van der Waals surface area (Å²) in [6, 6.07) is 16.0. The number of hydrogen-bond acceptors (Lipinski definition) is 2. The summed E-state index contributed by atoms with van der Waals surface area (Å²) in [6.45, 7) is 6.95. The molecule has 0 fully saturated rings. The zero-order valence-corrected chi connectivity index (χ0v) is 11.8. The molecule has 2 aromatic carbocycles. The first-order chi connectivity index (χ1) is 8.98. The fourth-order valence-electron chi connectivity index (χ4n) is 2.09. The number of benzene rings is 2. The zero-order valence-electron chi connectivity index (χ0n) is 11.8. The van der Waals surface area contributed by atoms with Gasteiger partial charge in [0.2, 0.25) is 0 Å². The summed E-state index contributed by atoms with van der Waals surface area (Å²) in [5, 5.41) is 13.7. The van der Waals surface area contributed by atoms with Crippen molar-refractivity contribution in [1.29, 1.82) is 0 Å². The van der Waals surface area contributed by atoms with Crippen LogP contribution in [-0.4, -0.2) is 5.11 Å². The lowest BCUT2D eigenvalue weighted by atomic mass is 9.85. The van der Waals surface area contributed by atoms with E-state index in [9.17, 15) is 5.11 Å². The Balaban J connectivity index is 2.18.